The fourth-order valence-corrected chi connectivity index (χ4v) is 3.92. The monoisotopic (exact) mass is 406 g/mol. The minimum absolute atomic E-state index is 0.223. The van der Waals surface area contributed by atoms with Crippen LogP contribution in [0.5, 0.6) is 5.75 Å². The van der Waals surface area contributed by atoms with Crippen LogP contribution in [0.1, 0.15) is 43.0 Å². The Morgan fingerprint density at radius 2 is 1.75 bits per heavy atom. The Bertz CT molecular complexity index is 752. The first-order chi connectivity index (χ1) is 13.6. The first kappa shape index (κ1) is 22.2. The van der Waals surface area contributed by atoms with Gasteiger partial charge in [-0.25, -0.2) is 0 Å². The third-order valence-electron chi connectivity index (χ3n) is 4.27. The maximum atomic E-state index is 12.5. The fourth-order valence-electron chi connectivity index (χ4n) is 2.90. The number of carbonyl (C=O) groups excluding carboxylic acids is 1. The number of ether oxygens (including phenoxy) is 1. The molecule has 7 heteroatoms. The van der Waals surface area contributed by atoms with Gasteiger partial charge in [-0.2, -0.15) is 0 Å². The minimum atomic E-state index is -1.25. The first-order valence-corrected chi connectivity index (χ1v) is 11.0. The van der Waals surface area contributed by atoms with Crippen molar-refractivity contribution in [3.8, 4) is 5.75 Å². The molecule has 0 saturated heterocycles. The summed E-state index contributed by atoms with van der Waals surface area (Å²) in [6.45, 7) is 7.77. The Morgan fingerprint density at radius 1 is 1.07 bits per heavy atom. The fraction of sp³-hybridized carbons (Fsp3) is 0.476. The van der Waals surface area contributed by atoms with Gasteiger partial charge in [0.25, 0.3) is 5.91 Å². The molecule has 2 rings (SSSR count). The summed E-state index contributed by atoms with van der Waals surface area (Å²) in [4.78, 5) is 15.3. The van der Waals surface area contributed by atoms with Crippen LogP contribution in [0.2, 0.25) is 0 Å². The molecule has 1 amide bonds. The van der Waals surface area contributed by atoms with Crippen molar-refractivity contribution in [2.24, 2.45) is 0 Å². The number of hydrogen-bond acceptors (Lipinski definition) is 5. The van der Waals surface area contributed by atoms with Crippen molar-refractivity contribution in [3.05, 3.63) is 47.9 Å². The van der Waals surface area contributed by atoms with E-state index in [1.54, 1.807) is 43.5 Å². The number of rotatable bonds is 12. The summed E-state index contributed by atoms with van der Waals surface area (Å²) in [5.74, 6) is 1.47. The molecule has 0 unspecified atom stereocenters. The molecule has 0 bridgehead atoms. The highest BCUT2D eigenvalue weighted by Crippen LogP contribution is 2.18. The first-order valence-electron chi connectivity index (χ1n) is 9.69. The van der Waals surface area contributed by atoms with Gasteiger partial charge in [0, 0.05) is 18.0 Å². The lowest BCUT2D eigenvalue weighted by atomic mass is 10.3. The van der Waals surface area contributed by atoms with Gasteiger partial charge in [0.15, 0.2) is 5.76 Å². The number of amides is 1. The summed E-state index contributed by atoms with van der Waals surface area (Å²) in [6, 6.07) is 10.4. The number of nitrogens with zero attached hydrogens (tertiary/aromatic N) is 1. The second-order valence-corrected chi connectivity index (χ2v) is 7.98. The maximum Gasteiger partial charge on any atom is 0.287 e. The summed E-state index contributed by atoms with van der Waals surface area (Å²) < 4.78 is 23.2. The molecule has 0 fully saturated rings. The molecular weight excluding hydrogens is 376 g/mol. The van der Waals surface area contributed by atoms with E-state index < -0.39 is 10.8 Å². The zero-order chi connectivity index (χ0) is 20.4. The minimum Gasteiger partial charge on any atom is -0.497 e. The van der Waals surface area contributed by atoms with Crippen molar-refractivity contribution in [1.82, 2.24) is 10.2 Å². The molecule has 0 saturated carbocycles. The SMILES string of the molecule is CCCN(CCC)CCNC(=O)c1ccc(C[S@](=O)c2ccc(OC)cc2)o1. The van der Waals surface area contributed by atoms with Gasteiger partial charge in [0.05, 0.1) is 23.7 Å². The van der Waals surface area contributed by atoms with E-state index in [1.807, 2.05) is 0 Å². The van der Waals surface area contributed by atoms with Crippen LogP contribution in [-0.2, 0) is 16.6 Å². The van der Waals surface area contributed by atoms with Crippen LogP contribution < -0.4 is 10.1 Å². The lowest BCUT2D eigenvalue weighted by Gasteiger charge is -2.20. The predicted molar refractivity (Wildman–Crippen MR) is 111 cm³/mol. The van der Waals surface area contributed by atoms with Crippen molar-refractivity contribution in [2.75, 3.05) is 33.3 Å². The Kier molecular flexibility index (Phi) is 9.23. The standard InChI is InChI=1S/C21H30N2O4S/c1-4-13-23(14-5-2)15-12-22-21(24)20-11-8-18(27-20)16-28(25)19-9-6-17(26-3)7-10-19/h6-11H,4-5,12-16H2,1-3H3,(H,22,24)/t28-/m0/s1. The molecule has 1 aromatic heterocycles. The van der Waals surface area contributed by atoms with Crippen LogP contribution in [-0.4, -0.2) is 48.3 Å². The van der Waals surface area contributed by atoms with Crippen LogP contribution >= 0.6 is 0 Å². The van der Waals surface area contributed by atoms with E-state index in [0.29, 0.717) is 22.9 Å². The maximum absolute atomic E-state index is 12.5. The van der Waals surface area contributed by atoms with Gasteiger partial charge in [0.2, 0.25) is 0 Å². The van der Waals surface area contributed by atoms with E-state index in [4.69, 9.17) is 9.15 Å². The number of methoxy groups -OCH3 is 1. The molecule has 1 heterocycles. The number of benzene rings is 1. The molecule has 1 N–H and O–H groups in total. The van der Waals surface area contributed by atoms with E-state index in [-0.39, 0.29) is 17.4 Å². The van der Waals surface area contributed by atoms with Gasteiger partial charge < -0.3 is 19.4 Å². The Hall–Kier alpha value is -2.12. The molecule has 0 spiro atoms. The van der Waals surface area contributed by atoms with Gasteiger partial charge >= 0.3 is 0 Å². The zero-order valence-electron chi connectivity index (χ0n) is 16.9. The van der Waals surface area contributed by atoms with E-state index in [2.05, 4.69) is 24.1 Å². The Balaban J connectivity index is 1.84. The normalized spacial score (nSPS) is 12.1. The van der Waals surface area contributed by atoms with Gasteiger partial charge in [0.1, 0.15) is 11.5 Å². The molecule has 0 aliphatic carbocycles. The van der Waals surface area contributed by atoms with Crippen LogP contribution in [0.4, 0.5) is 0 Å². The van der Waals surface area contributed by atoms with Crippen molar-refractivity contribution < 1.29 is 18.2 Å². The second kappa shape index (κ2) is 11.7. The highest BCUT2D eigenvalue weighted by Gasteiger charge is 2.14. The van der Waals surface area contributed by atoms with Gasteiger partial charge in [-0.1, -0.05) is 13.8 Å². The van der Waals surface area contributed by atoms with Crippen molar-refractivity contribution in [3.63, 3.8) is 0 Å². The van der Waals surface area contributed by atoms with Gasteiger partial charge in [-0.05, 0) is 62.3 Å². The van der Waals surface area contributed by atoms with Crippen LogP contribution in [0, 0.1) is 0 Å². The zero-order valence-corrected chi connectivity index (χ0v) is 17.7. The van der Waals surface area contributed by atoms with Crippen molar-refractivity contribution in [1.29, 1.82) is 0 Å². The predicted octanol–water partition coefficient (Wildman–Crippen LogP) is 3.45. The van der Waals surface area contributed by atoms with E-state index >= 15 is 0 Å². The molecule has 1 atom stereocenters. The number of nitrogens with one attached hydrogen (secondary N) is 1. The second-order valence-electron chi connectivity index (χ2n) is 6.53. The van der Waals surface area contributed by atoms with Crippen molar-refractivity contribution in [2.45, 2.75) is 37.3 Å². The van der Waals surface area contributed by atoms with E-state index in [0.717, 1.165) is 32.5 Å². The quantitative estimate of drug-likeness (QED) is 0.585. The summed E-state index contributed by atoms with van der Waals surface area (Å²) in [5.41, 5.74) is 0. The smallest absolute Gasteiger partial charge is 0.287 e. The van der Waals surface area contributed by atoms with E-state index in [9.17, 15) is 9.00 Å². The van der Waals surface area contributed by atoms with Crippen LogP contribution in [0.25, 0.3) is 0 Å². The molecule has 0 radical (unpaired) electrons. The summed E-state index contributed by atoms with van der Waals surface area (Å²) in [5, 5.41) is 2.89. The molecular formula is C21H30N2O4S. The number of carbonyl (C=O) groups is 1. The lowest BCUT2D eigenvalue weighted by Crippen LogP contribution is -2.35. The molecule has 1 aromatic carbocycles. The molecule has 154 valence electrons. The summed E-state index contributed by atoms with van der Waals surface area (Å²) >= 11 is 0. The topological polar surface area (TPSA) is 71.8 Å². The molecule has 2 aromatic rings. The average Bonchev–Trinajstić information content (AvgIpc) is 3.17. The Morgan fingerprint density at radius 3 is 2.36 bits per heavy atom. The number of hydrogen-bond donors (Lipinski definition) is 1. The highest BCUT2D eigenvalue weighted by molar-refractivity contribution is 7.84. The summed E-state index contributed by atoms with van der Waals surface area (Å²) in [6.07, 6.45) is 2.20. The molecule has 0 aliphatic rings. The third-order valence-corrected chi connectivity index (χ3v) is 5.62. The van der Waals surface area contributed by atoms with Crippen LogP contribution in [0.3, 0.4) is 0 Å². The number of furan rings is 1. The lowest BCUT2D eigenvalue weighted by molar-refractivity contribution is 0.0919. The largest absolute Gasteiger partial charge is 0.497 e. The molecule has 6 nitrogen and oxygen atoms in total. The third kappa shape index (κ3) is 6.80. The van der Waals surface area contributed by atoms with Crippen LogP contribution in [0.15, 0.2) is 45.7 Å². The van der Waals surface area contributed by atoms with Gasteiger partial charge in [-0.15, -0.1) is 0 Å². The Labute approximate surface area is 169 Å². The highest BCUT2D eigenvalue weighted by atomic mass is 32.2. The van der Waals surface area contributed by atoms with E-state index in [1.165, 1.54) is 0 Å². The van der Waals surface area contributed by atoms with Crippen molar-refractivity contribution >= 4 is 16.7 Å². The average molecular weight is 407 g/mol. The van der Waals surface area contributed by atoms with Gasteiger partial charge in [-0.3, -0.25) is 9.00 Å². The summed E-state index contributed by atoms with van der Waals surface area (Å²) in [7, 11) is 0.341. The molecule has 28 heavy (non-hydrogen) atoms. The molecule has 0 aliphatic heterocycles.